The van der Waals surface area contributed by atoms with E-state index in [1.165, 1.54) is 11.6 Å². The van der Waals surface area contributed by atoms with Crippen LogP contribution < -0.4 is 10.6 Å². The van der Waals surface area contributed by atoms with Crippen LogP contribution in [0.3, 0.4) is 0 Å². The number of nitrogens with zero attached hydrogens (tertiary/aromatic N) is 1. The zero-order chi connectivity index (χ0) is 15.0. The van der Waals surface area contributed by atoms with Gasteiger partial charge in [-0.3, -0.25) is 0 Å². The molecule has 1 heterocycles. The summed E-state index contributed by atoms with van der Waals surface area (Å²) < 4.78 is 14.5. The molecule has 2 nitrogen and oxygen atoms in total. The molecule has 0 aromatic heterocycles. The van der Waals surface area contributed by atoms with E-state index in [0.29, 0.717) is 17.2 Å². The van der Waals surface area contributed by atoms with Gasteiger partial charge in [0, 0.05) is 17.8 Å². The zero-order valence-electron chi connectivity index (χ0n) is 11.8. The van der Waals surface area contributed by atoms with Gasteiger partial charge >= 0.3 is 0 Å². The lowest BCUT2D eigenvalue weighted by Crippen LogP contribution is -2.31. The summed E-state index contributed by atoms with van der Waals surface area (Å²) in [5, 5.41) is 0. The Balaban J connectivity index is 2.06. The van der Waals surface area contributed by atoms with Gasteiger partial charge < -0.3 is 10.6 Å². The number of anilines is 2. The minimum atomic E-state index is -0.288. The van der Waals surface area contributed by atoms with Gasteiger partial charge in [0.05, 0.1) is 5.69 Å². The molecule has 108 valence electrons. The highest BCUT2D eigenvalue weighted by Crippen LogP contribution is 2.36. The van der Waals surface area contributed by atoms with Gasteiger partial charge in [0.2, 0.25) is 0 Å². The number of halogens is 1. The molecule has 2 N–H and O–H groups in total. The molecule has 21 heavy (non-hydrogen) atoms. The predicted molar refractivity (Wildman–Crippen MR) is 88.6 cm³/mol. The molecule has 0 saturated heterocycles. The van der Waals surface area contributed by atoms with Gasteiger partial charge in [-0.2, -0.15) is 0 Å². The van der Waals surface area contributed by atoms with Crippen LogP contribution in [0, 0.1) is 11.7 Å². The monoisotopic (exact) mass is 300 g/mol. The SMILES string of the molecule is CC1Cc2ccccc2N(c2ccc(C(N)=S)cc2F)C1. The summed E-state index contributed by atoms with van der Waals surface area (Å²) >= 11 is 4.90. The first-order valence-electron chi connectivity index (χ1n) is 7.01. The first kappa shape index (κ1) is 14.0. The van der Waals surface area contributed by atoms with Crippen molar-refractivity contribution in [2.45, 2.75) is 13.3 Å². The maximum atomic E-state index is 14.5. The third-order valence-corrected chi connectivity index (χ3v) is 4.10. The summed E-state index contributed by atoms with van der Waals surface area (Å²) in [7, 11) is 0. The number of para-hydroxylation sites is 1. The molecular weight excluding hydrogens is 283 g/mol. The number of fused-ring (bicyclic) bond motifs is 1. The maximum Gasteiger partial charge on any atom is 0.147 e. The quantitative estimate of drug-likeness (QED) is 0.856. The molecule has 0 spiro atoms. The average Bonchev–Trinajstić information content (AvgIpc) is 2.46. The Morgan fingerprint density at radius 3 is 2.71 bits per heavy atom. The van der Waals surface area contributed by atoms with Crippen molar-refractivity contribution < 1.29 is 4.39 Å². The normalized spacial score (nSPS) is 17.4. The fraction of sp³-hybridized carbons (Fsp3) is 0.235. The minimum absolute atomic E-state index is 0.216. The van der Waals surface area contributed by atoms with E-state index in [-0.39, 0.29) is 10.8 Å². The van der Waals surface area contributed by atoms with Crippen molar-refractivity contribution >= 4 is 28.6 Å². The van der Waals surface area contributed by atoms with E-state index >= 15 is 0 Å². The van der Waals surface area contributed by atoms with Gasteiger partial charge in [-0.15, -0.1) is 0 Å². The molecule has 2 aromatic carbocycles. The number of benzene rings is 2. The molecule has 0 bridgehead atoms. The number of hydrogen-bond acceptors (Lipinski definition) is 2. The van der Waals surface area contributed by atoms with E-state index in [9.17, 15) is 4.39 Å². The summed E-state index contributed by atoms with van der Waals surface area (Å²) in [6.07, 6.45) is 1.03. The molecule has 0 fully saturated rings. The number of hydrogen-bond donors (Lipinski definition) is 1. The molecule has 0 radical (unpaired) electrons. The Kier molecular flexibility index (Phi) is 3.64. The Labute approximate surface area is 129 Å². The molecule has 0 saturated carbocycles. The van der Waals surface area contributed by atoms with Crippen LogP contribution in [-0.4, -0.2) is 11.5 Å². The molecule has 1 unspecified atom stereocenters. The van der Waals surface area contributed by atoms with Crippen LogP contribution >= 0.6 is 12.2 Å². The predicted octanol–water partition coefficient (Wildman–Crippen LogP) is 3.79. The van der Waals surface area contributed by atoms with Crippen molar-refractivity contribution in [3.63, 3.8) is 0 Å². The lowest BCUT2D eigenvalue weighted by atomic mass is 9.93. The minimum Gasteiger partial charge on any atom is -0.389 e. The third-order valence-electron chi connectivity index (χ3n) is 3.87. The van der Waals surface area contributed by atoms with Crippen LogP contribution in [0.25, 0.3) is 0 Å². The highest BCUT2D eigenvalue weighted by Gasteiger charge is 2.24. The Morgan fingerprint density at radius 1 is 1.24 bits per heavy atom. The highest BCUT2D eigenvalue weighted by molar-refractivity contribution is 7.80. The number of rotatable bonds is 2. The number of nitrogens with two attached hydrogens (primary N) is 1. The van der Waals surface area contributed by atoms with Crippen molar-refractivity contribution in [3.05, 3.63) is 59.4 Å². The van der Waals surface area contributed by atoms with Crippen LogP contribution in [0.1, 0.15) is 18.1 Å². The summed E-state index contributed by atoms with van der Waals surface area (Å²) in [5.41, 5.74) is 9.04. The lowest BCUT2D eigenvalue weighted by molar-refractivity contribution is 0.552. The molecule has 0 aliphatic carbocycles. The zero-order valence-corrected chi connectivity index (χ0v) is 12.7. The first-order chi connectivity index (χ1) is 10.1. The summed E-state index contributed by atoms with van der Waals surface area (Å²) in [5.74, 6) is 0.193. The van der Waals surface area contributed by atoms with Crippen LogP contribution in [0.4, 0.5) is 15.8 Å². The van der Waals surface area contributed by atoms with Gasteiger partial charge in [0.1, 0.15) is 10.8 Å². The fourth-order valence-electron chi connectivity index (χ4n) is 2.90. The van der Waals surface area contributed by atoms with Crippen molar-refractivity contribution in [3.8, 4) is 0 Å². The summed E-state index contributed by atoms with van der Waals surface area (Å²) in [6, 6.07) is 13.1. The molecule has 1 aliphatic heterocycles. The highest BCUT2D eigenvalue weighted by atomic mass is 32.1. The van der Waals surface area contributed by atoms with Crippen molar-refractivity contribution in [2.75, 3.05) is 11.4 Å². The average molecular weight is 300 g/mol. The molecule has 0 amide bonds. The molecular formula is C17H17FN2S. The van der Waals surface area contributed by atoms with Gasteiger partial charge in [-0.1, -0.05) is 37.3 Å². The van der Waals surface area contributed by atoms with Crippen molar-refractivity contribution in [1.82, 2.24) is 0 Å². The van der Waals surface area contributed by atoms with E-state index in [4.69, 9.17) is 18.0 Å². The second-order valence-corrected chi connectivity index (χ2v) is 6.02. The Bertz CT molecular complexity index is 699. The molecule has 4 heteroatoms. The van der Waals surface area contributed by atoms with Gasteiger partial charge in [0.15, 0.2) is 0 Å². The van der Waals surface area contributed by atoms with Gasteiger partial charge in [-0.05, 0) is 42.2 Å². The van der Waals surface area contributed by atoms with Crippen molar-refractivity contribution in [2.24, 2.45) is 11.7 Å². The first-order valence-corrected chi connectivity index (χ1v) is 7.42. The molecule has 3 rings (SSSR count). The van der Waals surface area contributed by atoms with E-state index in [1.54, 1.807) is 12.1 Å². The number of thiocarbonyl (C=S) groups is 1. The topological polar surface area (TPSA) is 29.3 Å². The Morgan fingerprint density at radius 2 is 2.00 bits per heavy atom. The lowest BCUT2D eigenvalue weighted by Gasteiger charge is -2.35. The summed E-state index contributed by atoms with van der Waals surface area (Å²) in [4.78, 5) is 2.26. The van der Waals surface area contributed by atoms with E-state index in [0.717, 1.165) is 18.7 Å². The van der Waals surface area contributed by atoms with Crippen molar-refractivity contribution in [1.29, 1.82) is 0 Å². The van der Waals surface area contributed by atoms with E-state index in [1.807, 2.05) is 23.1 Å². The van der Waals surface area contributed by atoms with Crippen LogP contribution in [-0.2, 0) is 6.42 Å². The second kappa shape index (κ2) is 5.45. The second-order valence-electron chi connectivity index (χ2n) is 5.58. The largest absolute Gasteiger partial charge is 0.389 e. The third kappa shape index (κ3) is 2.63. The standard InChI is InChI=1S/C17H17FN2S/c1-11-8-12-4-2-3-5-15(12)20(10-11)16-7-6-13(17(19)21)9-14(16)18/h2-7,9,11H,8,10H2,1H3,(H2,19,21). The van der Waals surface area contributed by atoms with E-state index in [2.05, 4.69) is 13.0 Å². The smallest absolute Gasteiger partial charge is 0.147 e. The van der Waals surface area contributed by atoms with Gasteiger partial charge in [0.25, 0.3) is 0 Å². The van der Waals surface area contributed by atoms with Gasteiger partial charge in [-0.25, -0.2) is 4.39 Å². The Hall–Kier alpha value is -1.94. The maximum absolute atomic E-state index is 14.5. The van der Waals surface area contributed by atoms with Crippen LogP contribution in [0.5, 0.6) is 0 Å². The molecule has 1 atom stereocenters. The molecule has 2 aromatic rings. The molecule has 1 aliphatic rings. The van der Waals surface area contributed by atoms with Crippen LogP contribution in [0.15, 0.2) is 42.5 Å². The fourth-order valence-corrected chi connectivity index (χ4v) is 3.03. The van der Waals surface area contributed by atoms with Crippen LogP contribution in [0.2, 0.25) is 0 Å². The summed E-state index contributed by atoms with van der Waals surface area (Å²) in [6.45, 7) is 2.99. The van der Waals surface area contributed by atoms with E-state index < -0.39 is 0 Å².